The Kier molecular flexibility index (Phi) is 9.40. The summed E-state index contributed by atoms with van der Waals surface area (Å²) in [7, 11) is 0. The fraction of sp³-hybridized carbons (Fsp3) is 0.692. The van der Waals surface area contributed by atoms with Crippen molar-refractivity contribution in [3.63, 3.8) is 0 Å². The van der Waals surface area contributed by atoms with Gasteiger partial charge >= 0.3 is 0 Å². The van der Waals surface area contributed by atoms with Gasteiger partial charge in [0.15, 0.2) is 5.13 Å². The molecule has 122 valence electrons. The fourth-order valence-corrected chi connectivity index (χ4v) is 3.46. The molecule has 1 aromatic heterocycles. The summed E-state index contributed by atoms with van der Waals surface area (Å²) in [5.74, 6) is 0.569. The van der Waals surface area contributed by atoms with E-state index >= 15 is 0 Å². The number of thiazole rings is 1. The van der Waals surface area contributed by atoms with Crippen LogP contribution in [0.15, 0.2) is 5.38 Å². The van der Waals surface area contributed by atoms with Crippen molar-refractivity contribution < 1.29 is 4.79 Å². The van der Waals surface area contributed by atoms with Crippen molar-refractivity contribution in [2.75, 3.05) is 18.4 Å². The van der Waals surface area contributed by atoms with Crippen molar-refractivity contribution in [3.05, 3.63) is 11.1 Å². The number of carbonyl (C=O) groups is 1. The number of likely N-dealkylation sites (tertiary alicyclic amines) is 1. The number of amides is 1. The van der Waals surface area contributed by atoms with E-state index in [9.17, 15) is 4.79 Å². The average Bonchev–Trinajstić information content (AvgIpc) is 2.76. The molecule has 0 radical (unpaired) electrons. The van der Waals surface area contributed by atoms with E-state index in [0.29, 0.717) is 23.6 Å². The van der Waals surface area contributed by atoms with Gasteiger partial charge in [0.25, 0.3) is 0 Å². The highest BCUT2D eigenvalue weighted by Crippen LogP contribution is 2.25. The second kappa shape index (κ2) is 9.58. The predicted octanol–water partition coefficient (Wildman–Crippen LogP) is 2.50. The van der Waals surface area contributed by atoms with Crippen LogP contribution in [0.3, 0.4) is 0 Å². The Morgan fingerprint density at radius 1 is 1.57 bits per heavy atom. The maximum Gasteiger partial charge on any atom is 0.223 e. The maximum atomic E-state index is 11.0. The molecule has 1 saturated heterocycles. The van der Waals surface area contributed by atoms with Crippen molar-refractivity contribution >= 4 is 47.2 Å². The minimum atomic E-state index is -0.0765. The van der Waals surface area contributed by atoms with Gasteiger partial charge < -0.3 is 11.1 Å². The SMILES string of the molecule is CC(=O)Nc1nc(CN2CCCC(C)C2CN)cs1.Cl.Cl. The molecule has 3 N–H and O–H groups in total. The van der Waals surface area contributed by atoms with E-state index in [4.69, 9.17) is 5.73 Å². The minimum absolute atomic E-state index is 0. The molecule has 0 spiro atoms. The number of carbonyl (C=O) groups excluding carboxylic acids is 1. The second-order valence-corrected chi connectivity index (χ2v) is 6.08. The Balaban J connectivity index is 0.00000200. The van der Waals surface area contributed by atoms with Crippen LogP contribution in [0.5, 0.6) is 0 Å². The smallest absolute Gasteiger partial charge is 0.223 e. The van der Waals surface area contributed by atoms with Gasteiger partial charge in [0.2, 0.25) is 5.91 Å². The third-order valence-corrected chi connectivity index (χ3v) is 4.48. The molecule has 1 aliphatic rings. The monoisotopic (exact) mass is 354 g/mol. The Morgan fingerprint density at radius 2 is 2.29 bits per heavy atom. The van der Waals surface area contributed by atoms with E-state index in [2.05, 4.69) is 22.1 Å². The van der Waals surface area contributed by atoms with Crippen LogP contribution in [0.25, 0.3) is 0 Å². The maximum absolute atomic E-state index is 11.0. The molecule has 2 rings (SSSR count). The second-order valence-electron chi connectivity index (χ2n) is 5.22. The summed E-state index contributed by atoms with van der Waals surface area (Å²) in [5.41, 5.74) is 6.91. The number of piperidine rings is 1. The van der Waals surface area contributed by atoms with Crippen LogP contribution in [0.2, 0.25) is 0 Å². The van der Waals surface area contributed by atoms with Crippen LogP contribution >= 0.6 is 36.2 Å². The zero-order chi connectivity index (χ0) is 13.8. The van der Waals surface area contributed by atoms with Crippen LogP contribution < -0.4 is 11.1 Å². The largest absolute Gasteiger partial charge is 0.329 e. The third-order valence-electron chi connectivity index (χ3n) is 3.67. The Hall–Kier alpha value is -0.400. The summed E-state index contributed by atoms with van der Waals surface area (Å²) in [6.45, 7) is 6.37. The molecule has 21 heavy (non-hydrogen) atoms. The Bertz CT molecular complexity index is 444. The number of nitrogens with zero attached hydrogens (tertiary/aromatic N) is 2. The average molecular weight is 355 g/mol. The summed E-state index contributed by atoms with van der Waals surface area (Å²) in [6.07, 6.45) is 2.48. The quantitative estimate of drug-likeness (QED) is 0.871. The van der Waals surface area contributed by atoms with E-state index in [1.807, 2.05) is 5.38 Å². The van der Waals surface area contributed by atoms with Gasteiger partial charge in [-0.2, -0.15) is 0 Å². The van der Waals surface area contributed by atoms with Gasteiger partial charge in [-0.1, -0.05) is 6.92 Å². The lowest BCUT2D eigenvalue weighted by Crippen LogP contribution is -2.48. The van der Waals surface area contributed by atoms with Crippen LogP contribution in [0.1, 0.15) is 32.4 Å². The van der Waals surface area contributed by atoms with Gasteiger partial charge in [-0.3, -0.25) is 9.69 Å². The molecule has 1 fully saturated rings. The number of hydrogen-bond acceptors (Lipinski definition) is 5. The van der Waals surface area contributed by atoms with Crippen molar-refractivity contribution in [3.8, 4) is 0 Å². The van der Waals surface area contributed by atoms with Gasteiger partial charge in [0.1, 0.15) is 0 Å². The van der Waals surface area contributed by atoms with Crippen LogP contribution in [0.4, 0.5) is 5.13 Å². The van der Waals surface area contributed by atoms with E-state index in [1.165, 1.54) is 31.1 Å². The lowest BCUT2D eigenvalue weighted by Gasteiger charge is -2.39. The number of rotatable bonds is 4. The minimum Gasteiger partial charge on any atom is -0.329 e. The molecule has 2 heterocycles. The molecule has 0 bridgehead atoms. The van der Waals surface area contributed by atoms with Crippen molar-refractivity contribution in [2.24, 2.45) is 11.7 Å². The summed E-state index contributed by atoms with van der Waals surface area (Å²) in [4.78, 5) is 17.8. The lowest BCUT2D eigenvalue weighted by molar-refractivity contribution is -0.114. The predicted molar refractivity (Wildman–Crippen MR) is 92.6 cm³/mol. The standard InChI is InChI=1S/C13H22N4OS.2ClH/c1-9-4-3-5-17(12(9)6-14)7-11-8-19-13(16-11)15-10(2)18;;/h8-9,12H,3-7,14H2,1-2H3,(H,15,16,18);2*1H. The molecular formula is C13H24Cl2N4OS. The molecule has 1 amide bonds. The van der Waals surface area contributed by atoms with Crippen molar-refractivity contribution in [1.82, 2.24) is 9.88 Å². The van der Waals surface area contributed by atoms with Crippen LogP contribution in [0, 0.1) is 5.92 Å². The molecule has 0 aliphatic carbocycles. The molecule has 1 aromatic rings. The van der Waals surface area contributed by atoms with Crippen molar-refractivity contribution in [2.45, 2.75) is 39.3 Å². The summed E-state index contributed by atoms with van der Waals surface area (Å²) in [5, 5.41) is 5.41. The van der Waals surface area contributed by atoms with Gasteiger partial charge in [-0.15, -0.1) is 36.2 Å². The number of hydrogen-bond donors (Lipinski definition) is 2. The summed E-state index contributed by atoms with van der Waals surface area (Å²) in [6, 6.07) is 0.444. The van der Waals surface area contributed by atoms with Gasteiger partial charge in [-0.25, -0.2) is 4.98 Å². The molecular weight excluding hydrogens is 331 g/mol. The number of halogens is 2. The number of nitrogens with one attached hydrogen (secondary N) is 1. The Labute approximate surface area is 142 Å². The molecule has 2 unspecified atom stereocenters. The van der Waals surface area contributed by atoms with Crippen LogP contribution in [-0.2, 0) is 11.3 Å². The first-order chi connectivity index (χ1) is 9.10. The molecule has 8 heteroatoms. The highest BCUT2D eigenvalue weighted by atomic mass is 35.5. The molecule has 2 atom stereocenters. The number of anilines is 1. The third kappa shape index (κ3) is 5.71. The van der Waals surface area contributed by atoms with Crippen molar-refractivity contribution in [1.29, 1.82) is 0 Å². The Morgan fingerprint density at radius 3 is 2.90 bits per heavy atom. The van der Waals surface area contributed by atoms with Crippen LogP contribution in [-0.4, -0.2) is 34.9 Å². The fourth-order valence-electron chi connectivity index (χ4n) is 2.71. The molecule has 5 nitrogen and oxygen atoms in total. The highest BCUT2D eigenvalue weighted by Gasteiger charge is 2.27. The lowest BCUT2D eigenvalue weighted by atomic mass is 9.91. The van der Waals surface area contributed by atoms with E-state index in [1.54, 1.807) is 0 Å². The number of nitrogens with two attached hydrogens (primary N) is 1. The van der Waals surface area contributed by atoms with E-state index in [-0.39, 0.29) is 30.7 Å². The first kappa shape index (κ1) is 20.6. The topological polar surface area (TPSA) is 71.2 Å². The summed E-state index contributed by atoms with van der Waals surface area (Å²) >= 11 is 1.48. The zero-order valence-electron chi connectivity index (χ0n) is 12.4. The zero-order valence-corrected chi connectivity index (χ0v) is 14.8. The molecule has 1 aliphatic heterocycles. The van der Waals surface area contributed by atoms with E-state index in [0.717, 1.165) is 18.8 Å². The summed E-state index contributed by atoms with van der Waals surface area (Å²) < 4.78 is 0. The highest BCUT2D eigenvalue weighted by molar-refractivity contribution is 7.13. The van der Waals surface area contributed by atoms with Gasteiger partial charge in [0.05, 0.1) is 5.69 Å². The molecule has 0 aromatic carbocycles. The first-order valence-corrected chi connectivity index (χ1v) is 7.64. The first-order valence-electron chi connectivity index (χ1n) is 6.76. The van der Waals surface area contributed by atoms with E-state index < -0.39 is 0 Å². The van der Waals surface area contributed by atoms with Gasteiger partial charge in [0, 0.05) is 31.4 Å². The molecule has 0 saturated carbocycles. The van der Waals surface area contributed by atoms with Gasteiger partial charge in [-0.05, 0) is 25.3 Å². The normalized spacial score (nSPS) is 22.0. The number of aromatic nitrogens is 1.